The monoisotopic (exact) mass is 176 g/mol. The van der Waals surface area contributed by atoms with Crippen molar-refractivity contribution in [2.24, 2.45) is 22.6 Å². The SMILES string of the molecule is CC1C2OC(N)=NC(C(F)F)C12. The van der Waals surface area contributed by atoms with E-state index in [4.69, 9.17) is 10.5 Å². The summed E-state index contributed by atoms with van der Waals surface area (Å²) in [7, 11) is 0. The van der Waals surface area contributed by atoms with Gasteiger partial charge in [-0.1, -0.05) is 6.92 Å². The average molecular weight is 176 g/mol. The average Bonchev–Trinajstić information content (AvgIpc) is 2.60. The van der Waals surface area contributed by atoms with Crippen LogP contribution in [0.3, 0.4) is 0 Å². The van der Waals surface area contributed by atoms with Gasteiger partial charge >= 0.3 is 0 Å². The quantitative estimate of drug-likeness (QED) is 0.636. The first kappa shape index (κ1) is 7.76. The maximum Gasteiger partial charge on any atom is 0.282 e. The molecule has 68 valence electrons. The zero-order valence-electron chi connectivity index (χ0n) is 6.58. The molecular weight excluding hydrogens is 166 g/mol. The molecule has 4 unspecified atom stereocenters. The van der Waals surface area contributed by atoms with E-state index >= 15 is 0 Å². The number of hydrogen-bond donors (Lipinski definition) is 1. The lowest BCUT2D eigenvalue weighted by Gasteiger charge is -2.17. The number of nitrogens with two attached hydrogens (primary N) is 1. The lowest BCUT2D eigenvalue weighted by molar-refractivity contribution is 0.0876. The molecule has 2 rings (SSSR count). The summed E-state index contributed by atoms with van der Waals surface area (Å²) in [5.74, 6) is 0.0334. The molecule has 1 saturated carbocycles. The van der Waals surface area contributed by atoms with Gasteiger partial charge in [0.05, 0.1) is 0 Å². The fraction of sp³-hybridized carbons (Fsp3) is 0.857. The Morgan fingerprint density at radius 3 is 2.83 bits per heavy atom. The highest BCUT2D eigenvalue weighted by Crippen LogP contribution is 2.48. The van der Waals surface area contributed by atoms with Crippen LogP contribution in [-0.2, 0) is 4.74 Å². The summed E-state index contributed by atoms with van der Waals surface area (Å²) in [5.41, 5.74) is 5.24. The Bertz CT molecular complexity index is 231. The zero-order valence-corrected chi connectivity index (χ0v) is 6.58. The van der Waals surface area contributed by atoms with E-state index in [0.717, 1.165) is 0 Å². The summed E-state index contributed by atoms with van der Waals surface area (Å²) in [5, 5.41) is 0. The van der Waals surface area contributed by atoms with E-state index in [1.807, 2.05) is 6.92 Å². The lowest BCUT2D eigenvalue weighted by atomic mass is 10.1. The molecule has 0 aromatic heterocycles. The Labute approximate surface area is 68.6 Å². The Balaban J connectivity index is 2.16. The van der Waals surface area contributed by atoms with Crippen LogP contribution in [-0.4, -0.2) is 24.6 Å². The van der Waals surface area contributed by atoms with Gasteiger partial charge in [0, 0.05) is 11.8 Å². The summed E-state index contributed by atoms with van der Waals surface area (Å²) in [6.07, 6.45) is -2.55. The molecule has 1 aliphatic carbocycles. The standard InChI is InChI=1S/C7H10F2N2O/c1-2-3-4(6(8)9)11-7(10)12-5(2)3/h2-6H,1H3,(H2,10,11). The largest absolute Gasteiger partial charge is 0.461 e. The normalized spacial score (nSPS) is 44.8. The number of rotatable bonds is 1. The molecule has 1 aliphatic heterocycles. The first-order valence-electron chi connectivity index (χ1n) is 3.89. The summed E-state index contributed by atoms with van der Waals surface area (Å²) in [6, 6.07) is -1.04. The third-order valence-corrected chi connectivity index (χ3v) is 2.55. The van der Waals surface area contributed by atoms with E-state index in [1.165, 1.54) is 0 Å². The van der Waals surface area contributed by atoms with Gasteiger partial charge in [-0.3, -0.25) is 0 Å². The molecule has 2 aliphatic rings. The van der Waals surface area contributed by atoms with Crippen LogP contribution < -0.4 is 5.73 Å². The molecule has 0 spiro atoms. The second-order valence-corrected chi connectivity index (χ2v) is 3.31. The fourth-order valence-corrected chi connectivity index (χ4v) is 1.77. The number of aliphatic imine (C=N–C) groups is 1. The molecule has 0 aromatic carbocycles. The zero-order chi connectivity index (χ0) is 8.88. The molecule has 0 amide bonds. The number of amidine groups is 1. The number of halogens is 2. The van der Waals surface area contributed by atoms with Crippen molar-refractivity contribution in [1.82, 2.24) is 0 Å². The van der Waals surface area contributed by atoms with Gasteiger partial charge in [0.15, 0.2) is 0 Å². The van der Waals surface area contributed by atoms with E-state index in [9.17, 15) is 8.78 Å². The van der Waals surface area contributed by atoms with Crippen LogP contribution in [0, 0.1) is 11.8 Å². The van der Waals surface area contributed by atoms with E-state index in [1.54, 1.807) is 0 Å². The van der Waals surface area contributed by atoms with Crippen LogP contribution in [0.25, 0.3) is 0 Å². The molecule has 3 nitrogen and oxygen atoms in total. The molecule has 2 N–H and O–H groups in total. The van der Waals surface area contributed by atoms with Gasteiger partial charge < -0.3 is 10.5 Å². The molecule has 5 heteroatoms. The van der Waals surface area contributed by atoms with Crippen molar-refractivity contribution >= 4 is 6.02 Å². The van der Waals surface area contributed by atoms with Crippen molar-refractivity contribution in [3.8, 4) is 0 Å². The predicted octanol–water partition coefficient (Wildman–Crippen LogP) is 0.600. The molecule has 1 fully saturated rings. The number of nitrogens with zero attached hydrogens (tertiary/aromatic N) is 1. The van der Waals surface area contributed by atoms with Gasteiger partial charge in [-0.15, -0.1) is 0 Å². The van der Waals surface area contributed by atoms with Crippen LogP contribution >= 0.6 is 0 Å². The van der Waals surface area contributed by atoms with Crippen LogP contribution in [0.2, 0.25) is 0 Å². The minimum absolute atomic E-state index is 0.0918. The van der Waals surface area contributed by atoms with Crippen molar-refractivity contribution < 1.29 is 13.5 Å². The minimum Gasteiger partial charge on any atom is -0.461 e. The number of alkyl halides is 2. The molecule has 0 bridgehead atoms. The molecule has 0 saturated heterocycles. The number of ether oxygens (including phenoxy) is 1. The molecule has 0 aromatic rings. The van der Waals surface area contributed by atoms with Crippen molar-refractivity contribution in [1.29, 1.82) is 0 Å². The van der Waals surface area contributed by atoms with Crippen molar-refractivity contribution in [3.05, 3.63) is 0 Å². The Kier molecular flexibility index (Phi) is 1.49. The summed E-state index contributed by atoms with van der Waals surface area (Å²) < 4.78 is 29.7. The van der Waals surface area contributed by atoms with Crippen LogP contribution in [0.5, 0.6) is 0 Å². The van der Waals surface area contributed by atoms with E-state index in [2.05, 4.69) is 4.99 Å². The summed E-state index contributed by atoms with van der Waals surface area (Å²) in [4.78, 5) is 3.58. The van der Waals surface area contributed by atoms with Crippen molar-refractivity contribution in [3.63, 3.8) is 0 Å². The van der Waals surface area contributed by atoms with Crippen LogP contribution in [0.15, 0.2) is 4.99 Å². The van der Waals surface area contributed by atoms with Gasteiger partial charge in [-0.25, -0.2) is 13.8 Å². The first-order valence-corrected chi connectivity index (χ1v) is 3.89. The predicted molar refractivity (Wildman–Crippen MR) is 38.9 cm³/mol. The van der Waals surface area contributed by atoms with Crippen molar-refractivity contribution in [2.75, 3.05) is 0 Å². The van der Waals surface area contributed by atoms with Gasteiger partial charge in [-0.05, 0) is 0 Å². The van der Waals surface area contributed by atoms with Crippen LogP contribution in [0.1, 0.15) is 6.92 Å². The first-order chi connectivity index (χ1) is 5.61. The highest BCUT2D eigenvalue weighted by Gasteiger charge is 2.58. The Morgan fingerprint density at radius 1 is 1.58 bits per heavy atom. The third kappa shape index (κ3) is 0.956. The highest BCUT2D eigenvalue weighted by molar-refractivity contribution is 5.73. The molecule has 0 radical (unpaired) electrons. The Morgan fingerprint density at radius 2 is 2.25 bits per heavy atom. The maximum atomic E-state index is 12.3. The summed E-state index contributed by atoms with van der Waals surface area (Å²) in [6.45, 7) is 1.87. The smallest absolute Gasteiger partial charge is 0.282 e. The van der Waals surface area contributed by atoms with Gasteiger partial charge in [0.2, 0.25) is 0 Å². The number of hydrogen-bond acceptors (Lipinski definition) is 3. The van der Waals surface area contributed by atoms with Gasteiger partial charge in [-0.2, -0.15) is 0 Å². The van der Waals surface area contributed by atoms with Crippen LogP contribution in [0.4, 0.5) is 8.78 Å². The molecular formula is C7H10F2N2O. The third-order valence-electron chi connectivity index (χ3n) is 2.55. The Hall–Kier alpha value is -0.870. The van der Waals surface area contributed by atoms with E-state index in [0.29, 0.717) is 0 Å². The number of fused-ring (bicyclic) bond motifs is 1. The maximum absolute atomic E-state index is 12.3. The molecule has 1 heterocycles. The second-order valence-electron chi connectivity index (χ2n) is 3.31. The minimum atomic E-state index is -2.43. The second kappa shape index (κ2) is 2.31. The van der Waals surface area contributed by atoms with Crippen molar-refractivity contribution in [2.45, 2.75) is 25.5 Å². The fourth-order valence-electron chi connectivity index (χ4n) is 1.77. The van der Waals surface area contributed by atoms with Gasteiger partial charge in [0.1, 0.15) is 12.1 Å². The molecule has 4 atom stereocenters. The topological polar surface area (TPSA) is 47.6 Å². The highest BCUT2D eigenvalue weighted by atomic mass is 19.3. The lowest BCUT2D eigenvalue weighted by Crippen LogP contribution is -2.32. The van der Waals surface area contributed by atoms with E-state index < -0.39 is 12.5 Å². The van der Waals surface area contributed by atoms with E-state index in [-0.39, 0.29) is 24.0 Å². The molecule has 12 heavy (non-hydrogen) atoms. The summed E-state index contributed by atoms with van der Waals surface area (Å²) >= 11 is 0. The van der Waals surface area contributed by atoms with Gasteiger partial charge in [0.25, 0.3) is 12.4 Å².